The van der Waals surface area contributed by atoms with Gasteiger partial charge >= 0.3 is 0 Å². The zero-order valence-electron chi connectivity index (χ0n) is 16.5. The van der Waals surface area contributed by atoms with E-state index in [1.54, 1.807) is 24.3 Å². The molecule has 0 saturated carbocycles. The van der Waals surface area contributed by atoms with E-state index in [2.05, 4.69) is 20.4 Å². The number of nitrogens with zero attached hydrogens (tertiary/aromatic N) is 3. The molecular weight excluding hydrogens is 380 g/mol. The van der Waals surface area contributed by atoms with Crippen LogP contribution in [-0.2, 0) is 0 Å². The van der Waals surface area contributed by atoms with Gasteiger partial charge in [-0.15, -0.1) is 10.2 Å². The molecule has 0 aliphatic carbocycles. The molecule has 1 aromatic heterocycles. The van der Waals surface area contributed by atoms with Crippen molar-refractivity contribution in [1.82, 2.24) is 10.2 Å². The van der Waals surface area contributed by atoms with Crippen molar-refractivity contribution in [3.8, 4) is 22.8 Å². The molecule has 0 spiro atoms. The number of ether oxygens (including phenoxy) is 2. The molecule has 0 bridgehead atoms. The van der Waals surface area contributed by atoms with Gasteiger partial charge in [0.15, 0.2) is 17.3 Å². The fourth-order valence-electron chi connectivity index (χ4n) is 3.74. The Hall–Kier alpha value is -3.61. The summed E-state index contributed by atoms with van der Waals surface area (Å²) in [5, 5.41) is 11.7. The minimum absolute atomic E-state index is 0.199. The zero-order valence-corrected chi connectivity index (χ0v) is 16.5. The highest BCUT2D eigenvalue weighted by Crippen LogP contribution is 2.32. The first-order valence-corrected chi connectivity index (χ1v) is 10.2. The lowest BCUT2D eigenvalue weighted by Crippen LogP contribution is -2.19. The Morgan fingerprint density at radius 3 is 2.53 bits per heavy atom. The topological polar surface area (TPSA) is 76.6 Å². The average Bonchev–Trinajstić information content (AvgIpc) is 3.34. The number of carbonyl (C=O) groups is 1. The highest BCUT2D eigenvalue weighted by Gasteiger charge is 2.16. The normalized spacial score (nSPS) is 15.1. The quantitative estimate of drug-likeness (QED) is 0.716. The highest BCUT2D eigenvalue weighted by molar-refractivity contribution is 6.05. The van der Waals surface area contributed by atoms with E-state index in [4.69, 9.17) is 9.47 Å². The van der Waals surface area contributed by atoms with Crippen LogP contribution < -0.4 is 19.7 Å². The lowest BCUT2D eigenvalue weighted by Gasteiger charge is -2.19. The summed E-state index contributed by atoms with van der Waals surface area (Å²) in [5.41, 5.74) is 2.80. The Labute approximate surface area is 174 Å². The van der Waals surface area contributed by atoms with Gasteiger partial charge in [-0.2, -0.15) is 0 Å². The minimum atomic E-state index is -0.199. The maximum Gasteiger partial charge on any atom is 0.255 e. The van der Waals surface area contributed by atoms with E-state index in [0.717, 1.165) is 30.2 Å². The van der Waals surface area contributed by atoms with Crippen molar-refractivity contribution in [1.29, 1.82) is 0 Å². The van der Waals surface area contributed by atoms with E-state index in [1.165, 1.54) is 12.8 Å². The number of hydrogen-bond acceptors (Lipinski definition) is 6. The Morgan fingerprint density at radius 1 is 0.900 bits per heavy atom. The molecule has 7 nitrogen and oxygen atoms in total. The monoisotopic (exact) mass is 402 g/mol. The summed E-state index contributed by atoms with van der Waals surface area (Å²) >= 11 is 0. The molecule has 0 atom stereocenters. The second-order valence-corrected chi connectivity index (χ2v) is 7.36. The lowest BCUT2D eigenvalue weighted by molar-refractivity contribution is 0.102. The van der Waals surface area contributed by atoms with Crippen molar-refractivity contribution >= 4 is 17.4 Å². The van der Waals surface area contributed by atoms with Crippen LogP contribution in [0.2, 0.25) is 0 Å². The Morgan fingerprint density at radius 2 is 1.73 bits per heavy atom. The second-order valence-electron chi connectivity index (χ2n) is 7.36. The zero-order chi connectivity index (χ0) is 20.3. The van der Waals surface area contributed by atoms with Crippen molar-refractivity contribution in [3.63, 3.8) is 0 Å². The van der Waals surface area contributed by atoms with Crippen LogP contribution >= 0.6 is 0 Å². The van der Waals surface area contributed by atoms with Gasteiger partial charge in [0.1, 0.15) is 13.2 Å². The molecule has 0 radical (unpaired) electrons. The number of hydrogen-bond donors (Lipinski definition) is 1. The van der Waals surface area contributed by atoms with Gasteiger partial charge in [0.05, 0.1) is 5.69 Å². The van der Waals surface area contributed by atoms with Crippen LogP contribution in [0.15, 0.2) is 54.6 Å². The molecule has 1 saturated heterocycles. The predicted octanol–water partition coefficient (Wildman–Crippen LogP) is 3.77. The van der Waals surface area contributed by atoms with E-state index in [1.807, 2.05) is 30.3 Å². The molecule has 2 aliphatic rings. The van der Waals surface area contributed by atoms with Crippen LogP contribution in [-0.4, -0.2) is 42.4 Å². The van der Waals surface area contributed by atoms with Crippen molar-refractivity contribution in [2.75, 3.05) is 36.5 Å². The molecule has 30 heavy (non-hydrogen) atoms. The largest absolute Gasteiger partial charge is 0.486 e. The SMILES string of the molecule is O=C(Nc1ccc2c(c1)OCCO2)c1cccc(-c2ccc(N3CCCC3)nn2)c1. The molecule has 1 fully saturated rings. The van der Waals surface area contributed by atoms with Crippen LogP contribution in [0.4, 0.5) is 11.5 Å². The number of benzene rings is 2. The Bertz CT molecular complexity index is 1060. The number of aromatic nitrogens is 2. The number of rotatable bonds is 4. The number of amides is 1. The van der Waals surface area contributed by atoms with Crippen molar-refractivity contribution in [2.24, 2.45) is 0 Å². The van der Waals surface area contributed by atoms with Gasteiger partial charge in [-0.3, -0.25) is 4.79 Å². The summed E-state index contributed by atoms with van der Waals surface area (Å²) in [7, 11) is 0. The van der Waals surface area contributed by atoms with E-state index >= 15 is 0 Å². The van der Waals surface area contributed by atoms with Crippen LogP contribution in [0.1, 0.15) is 23.2 Å². The molecule has 3 heterocycles. The summed E-state index contributed by atoms with van der Waals surface area (Å²) in [5.74, 6) is 2.04. The lowest BCUT2D eigenvalue weighted by atomic mass is 10.1. The Balaban J connectivity index is 1.32. The van der Waals surface area contributed by atoms with Crippen LogP contribution in [0.25, 0.3) is 11.3 Å². The van der Waals surface area contributed by atoms with Crippen LogP contribution in [0, 0.1) is 0 Å². The molecule has 1 amide bonds. The third kappa shape index (κ3) is 3.78. The van der Waals surface area contributed by atoms with Gasteiger partial charge in [-0.1, -0.05) is 12.1 Å². The fraction of sp³-hybridized carbons (Fsp3) is 0.261. The first-order chi connectivity index (χ1) is 14.8. The summed E-state index contributed by atoms with van der Waals surface area (Å²) in [6, 6.07) is 16.7. The molecule has 2 aliphatic heterocycles. The minimum Gasteiger partial charge on any atom is -0.486 e. The van der Waals surface area contributed by atoms with Gasteiger partial charge in [0.25, 0.3) is 5.91 Å². The molecule has 7 heteroatoms. The summed E-state index contributed by atoms with van der Waals surface area (Å²) in [6.45, 7) is 3.10. The maximum atomic E-state index is 12.8. The first-order valence-electron chi connectivity index (χ1n) is 10.2. The highest BCUT2D eigenvalue weighted by atomic mass is 16.6. The van der Waals surface area contributed by atoms with Gasteiger partial charge in [-0.25, -0.2) is 0 Å². The van der Waals surface area contributed by atoms with Gasteiger partial charge in [-0.05, 0) is 49.2 Å². The summed E-state index contributed by atoms with van der Waals surface area (Å²) in [6.07, 6.45) is 2.40. The third-order valence-corrected chi connectivity index (χ3v) is 5.30. The standard InChI is InChI=1S/C23H22N4O3/c28-23(24-18-6-8-20-21(15-18)30-13-12-29-20)17-5-3-4-16(14-17)19-7-9-22(26-25-19)27-10-1-2-11-27/h3-9,14-15H,1-2,10-13H2,(H,24,28). The summed E-state index contributed by atoms with van der Waals surface area (Å²) in [4.78, 5) is 15.0. The average molecular weight is 402 g/mol. The van der Waals surface area contributed by atoms with Gasteiger partial charge in [0.2, 0.25) is 0 Å². The van der Waals surface area contributed by atoms with Crippen molar-refractivity contribution < 1.29 is 14.3 Å². The molecule has 5 rings (SSSR count). The van der Waals surface area contributed by atoms with Crippen molar-refractivity contribution in [3.05, 3.63) is 60.2 Å². The Kier molecular flexibility index (Phi) is 4.93. The number of fused-ring (bicyclic) bond motifs is 1. The van der Waals surface area contributed by atoms with Gasteiger partial charge in [0, 0.05) is 36.0 Å². The van der Waals surface area contributed by atoms with E-state index in [9.17, 15) is 4.79 Å². The van der Waals surface area contributed by atoms with E-state index < -0.39 is 0 Å². The third-order valence-electron chi connectivity index (χ3n) is 5.30. The molecule has 3 aromatic rings. The molecule has 152 valence electrons. The van der Waals surface area contributed by atoms with E-state index in [-0.39, 0.29) is 5.91 Å². The maximum absolute atomic E-state index is 12.8. The van der Waals surface area contributed by atoms with Crippen LogP contribution in [0.5, 0.6) is 11.5 Å². The van der Waals surface area contributed by atoms with Crippen molar-refractivity contribution in [2.45, 2.75) is 12.8 Å². The molecule has 2 aromatic carbocycles. The molecular formula is C23H22N4O3. The predicted molar refractivity (Wildman–Crippen MR) is 114 cm³/mol. The second kappa shape index (κ2) is 8.02. The summed E-state index contributed by atoms with van der Waals surface area (Å²) < 4.78 is 11.1. The van der Waals surface area contributed by atoms with Crippen LogP contribution in [0.3, 0.4) is 0 Å². The fourth-order valence-corrected chi connectivity index (χ4v) is 3.74. The number of carbonyl (C=O) groups excluding carboxylic acids is 1. The first kappa shape index (κ1) is 18.4. The smallest absolute Gasteiger partial charge is 0.255 e. The molecule has 0 unspecified atom stereocenters. The van der Waals surface area contributed by atoms with Gasteiger partial charge < -0.3 is 19.7 Å². The number of anilines is 2. The number of nitrogens with one attached hydrogen (secondary N) is 1. The van der Waals surface area contributed by atoms with E-state index in [0.29, 0.717) is 36.0 Å². The molecule has 1 N–H and O–H groups in total.